The summed E-state index contributed by atoms with van der Waals surface area (Å²) >= 11 is 0. The number of fused-ring (bicyclic) bond motifs is 1. The maximum atomic E-state index is 13.0. The van der Waals surface area contributed by atoms with Gasteiger partial charge in [0.25, 0.3) is 0 Å². The number of amides is 1. The van der Waals surface area contributed by atoms with Gasteiger partial charge in [-0.2, -0.15) is 0 Å². The number of methoxy groups -OCH3 is 2. The maximum absolute atomic E-state index is 13.0. The van der Waals surface area contributed by atoms with E-state index in [-0.39, 0.29) is 18.1 Å². The SMILES string of the molecule is COc1cccc(-c2coc3cc(OC)c(/C(C)=C/C(=O)N4CC(C)OC(C)C4)cc23)c1. The third-order valence-corrected chi connectivity index (χ3v) is 5.77. The van der Waals surface area contributed by atoms with Crippen molar-refractivity contribution in [3.8, 4) is 22.6 Å². The Labute approximate surface area is 188 Å². The first-order chi connectivity index (χ1) is 15.4. The highest BCUT2D eigenvalue weighted by Crippen LogP contribution is 2.38. The smallest absolute Gasteiger partial charge is 0.247 e. The van der Waals surface area contributed by atoms with E-state index >= 15 is 0 Å². The molecular formula is C26H29NO5. The summed E-state index contributed by atoms with van der Waals surface area (Å²) in [5, 5.41) is 0.947. The van der Waals surface area contributed by atoms with E-state index in [1.165, 1.54) is 0 Å². The molecule has 1 aliphatic rings. The first kappa shape index (κ1) is 22.0. The second-order valence-electron chi connectivity index (χ2n) is 8.26. The molecule has 3 aromatic rings. The Morgan fingerprint density at radius 2 is 1.84 bits per heavy atom. The molecule has 1 aromatic heterocycles. The molecule has 0 radical (unpaired) electrons. The number of carbonyl (C=O) groups is 1. The van der Waals surface area contributed by atoms with Gasteiger partial charge in [0.1, 0.15) is 17.1 Å². The van der Waals surface area contributed by atoms with Crippen LogP contribution in [0.1, 0.15) is 26.3 Å². The van der Waals surface area contributed by atoms with Crippen LogP contribution in [0.3, 0.4) is 0 Å². The van der Waals surface area contributed by atoms with E-state index in [2.05, 4.69) is 0 Å². The minimum atomic E-state index is -0.0214. The molecule has 2 aromatic carbocycles. The molecule has 0 bridgehead atoms. The summed E-state index contributed by atoms with van der Waals surface area (Å²) in [7, 11) is 3.27. The molecule has 1 fully saturated rings. The minimum absolute atomic E-state index is 0.0214. The van der Waals surface area contributed by atoms with Gasteiger partial charge in [0.15, 0.2) is 0 Å². The Hall–Kier alpha value is -3.25. The van der Waals surface area contributed by atoms with E-state index in [9.17, 15) is 4.79 Å². The predicted molar refractivity (Wildman–Crippen MR) is 125 cm³/mol. The lowest BCUT2D eigenvalue weighted by molar-refractivity contribution is -0.137. The first-order valence-electron chi connectivity index (χ1n) is 10.8. The molecule has 32 heavy (non-hydrogen) atoms. The fraction of sp³-hybridized carbons (Fsp3) is 0.346. The fourth-order valence-corrected chi connectivity index (χ4v) is 4.26. The van der Waals surface area contributed by atoms with Crippen LogP contribution in [0.15, 0.2) is 53.2 Å². The summed E-state index contributed by atoms with van der Waals surface area (Å²) in [4.78, 5) is 14.8. The number of rotatable bonds is 5. The zero-order valence-corrected chi connectivity index (χ0v) is 19.2. The number of hydrogen-bond donors (Lipinski definition) is 0. The number of benzene rings is 2. The zero-order chi connectivity index (χ0) is 22.8. The van der Waals surface area contributed by atoms with Crippen molar-refractivity contribution in [1.82, 2.24) is 4.90 Å². The normalized spacial score (nSPS) is 19.3. The minimum Gasteiger partial charge on any atom is -0.497 e. The van der Waals surface area contributed by atoms with Crippen LogP contribution < -0.4 is 9.47 Å². The van der Waals surface area contributed by atoms with Gasteiger partial charge in [0, 0.05) is 41.7 Å². The average molecular weight is 436 g/mol. The Kier molecular flexibility index (Phi) is 6.24. The van der Waals surface area contributed by atoms with Crippen molar-refractivity contribution in [2.45, 2.75) is 33.0 Å². The van der Waals surface area contributed by atoms with Crippen molar-refractivity contribution in [2.75, 3.05) is 27.3 Å². The monoisotopic (exact) mass is 435 g/mol. The third-order valence-electron chi connectivity index (χ3n) is 5.77. The van der Waals surface area contributed by atoms with Gasteiger partial charge < -0.3 is 23.5 Å². The molecule has 2 atom stereocenters. The van der Waals surface area contributed by atoms with Gasteiger partial charge in [0.2, 0.25) is 5.91 Å². The molecule has 168 valence electrons. The van der Waals surface area contributed by atoms with Crippen LogP contribution in [0.4, 0.5) is 0 Å². The second-order valence-corrected chi connectivity index (χ2v) is 8.26. The Bertz CT molecular complexity index is 1150. The summed E-state index contributed by atoms with van der Waals surface area (Å²) in [6.07, 6.45) is 3.47. The highest BCUT2D eigenvalue weighted by molar-refractivity contribution is 6.00. The predicted octanol–water partition coefficient (Wildman–Crippen LogP) is 5.16. The number of nitrogens with zero attached hydrogens (tertiary/aromatic N) is 1. The van der Waals surface area contributed by atoms with Crippen molar-refractivity contribution in [3.05, 3.63) is 54.3 Å². The lowest BCUT2D eigenvalue weighted by atomic mass is 9.99. The van der Waals surface area contributed by atoms with Gasteiger partial charge in [0.05, 0.1) is 32.7 Å². The molecule has 0 spiro atoms. The summed E-state index contributed by atoms with van der Waals surface area (Å²) in [6.45, 7) is 7.08. The molecule has 4 rings (SSSR count). The van der Waals surface area contributed by atoms with Gasteiger partial charge in [-0.15, -0.1) is 0 Å². The van der Waals surface area contributed by atoms with E-state index in [4.69, 9.17) is 18.6 Å². The molecular weight excluding hydrogens is 406 g/mol. The molecule has 1 saturated heterocycles. The molecule has 1 aliphatic heterocycles. The van der Waals surface area contributed by atoms with E-state index in [0.717, 1.165) is 39.0 Å². The van der Waals surface area contributed by atoms with Crippen LogP contribution in [0, 0.1) is 0 Å². The molecule has 1 amide bonds. The molecule has 2 heterocycles. The van der Waals surface area contributed by atoms with Crippen LogP contribution in [0.5, 0.6) is 11.5 Å². The topological polar surface area (TPSA) is 61.1 Å². The highest BCUT2D eigenvalue weighted by Gasteiger charge is 2.25. The largest absolute Gasteiger partial charge is 0.497 e. The van der Waals surface area contributed by atoms with Crippen molar-refractivity contribution < 1.29 is 23.4 Å². The molecule has 2 unspecified atom stereocenters. The van der Waals surface area contributed by atoms with Crippen molar-refractivity contribution in [3.63, 3.8) is 0 Å². The molecule has 0 saturated carbocycles. The summed E-state index contributed by atoms with van der Waals surface area (Å²) in [6, 6.07) is 11.7. The van der Waals surface area contributed by atoms with Crippen LogP contribution in [-0.4, -0.2) is 50.3 Å². The lowest BCUT2D eigenvalue weighted by Gasteiger charge is -2.34. The zero-order valence-electron chi connectivity index (χ0n) is 19.2. The van der Waals surface area contributed by atoms with E-state index in [0.29, 0.717) is 18.8 Å². The van der Waals surface area contributed by atoms with E-state index in [1.54, 1.807) is 26.6 Å². The van der Waals surface area contributed by atoms with Crippen LogP contribution >= 0.6 is 0 Å². The number of furan rings is 1. The van der Waals surface area contributed by atoms with Crippen LogP contribution in [-0.2, 0) is 9.53 Å². The molecule has 0 aliphatic carbocycles. The van der Waals surface area contributed by atoms with Gasteiger partial charge >= 0.3 is 0 Å². The summed E-state index contributed by atoms with van der Waals surface area (Å²) in [5.74, 6) is 1.42. The number of hydrogen-bond acceptors (Lipinski definition) is 5. The van der Waals surface area contributed by atoms with Gasteiger partial charge in [-0.25, -0.2) is 0 Å². The lowest BCUT2D eigenvalue weighted by Crippen LogP contribution is -2.47. The maximum Gasteiger partial charge on any atom is 0.247 e. The van der Waals surface area contributed by atoms with E-state index < -0.39 is 0 Å². The Morgan fingerprint density at radius 1 is 1.09 bits per heavy atom. The number of morpholine rings is 1. The second kappa shape index (κ2) is 9.09. The van der Waals surface area contributed by atoms with Crippen LogP contribution in [0.25, 0.3) is 27.7 Å². The number of allylic oxidation sites excluding steroid dienone is 1. The molecule has 6 nitrogen and oxygen atoms in total. The van der Waals surface area contributed by atoms with Gasteiger partial charge in [-0.3, -0.25) is 4.79 Å². The Morgan fingerprint density at radius 3 is 2.53 bits per heavy atom. The first-order valence-corrected chi connectivity index (χ1v) is 10.8. The highest BCUT2D eigenvalue weighted by atomic mass is 16.5. The van der Waals surface area contributed by atoms with Crippen molar-refractivity contribution in [2.24, 2.45) is 0 Å². The van der Waals surface area contributed by atoms with Gasteiger partial charge in [-0.05, 0) is 50.1 Å². The van der Waals surface area contributed by atoms with Crippen LogP contribution in [0.2, 0.25) is 0 Å². The summed E-state index contributed by atoms with van der Waals surface area (Å²) < 4.78 is 22.6. The number of carbonyl (C=O) groups excluding carboxylic acids is 1. The fourth-order valence-electron chi connectivity index (χ4n) is 4.26. The van der Waals surface area contributed by atoms with Crippen molar-refractivity contribution in [1.29, 1.82) is 0 Å². The third kappa shape index (κ3) is 4.36. The molecule has 0 N–H and O–H groups in total. The standard InChI is InChI=1S/C26H29NO5/c1-16(9-26(28)27-13-17(2)32-18(3)14-27)21-11-22-23(15-31-25(22)12-24(21)30-5)19-7-6-8-20(10-19)29-4/h6-12,15,17-18H,13-14H2,1-5H3/b16-9+. The van der Waals surface area contributed by atoms with Gasteiger partial charge in [-0.1, -0.05) is 12.1 Å². The average Bonchev–Trinajstić information content (AvgIpc) is 3.20. The Balaban J connectivity index is 1.72. The van der Waals surface area contributed by atoms with E-state index in [1.807, 2.05) is 62.1 Å². The molecule has 6 heteroatoms. The summed E-state index contributed by atoms with van der Waals surface area (Å²) in [5.41, 5.74) is 4.36. The number of ether oxygens (including phenoxy) is 3. The quantitative estimate of drug-likeness (QED) is 0.518. The van der Waals surface area contributed by atoms with Crippen molar-refractivity contribution >= 4 is 22.4 Å².